The smallest absolute Gasteiger partial charge is 0.417 e. The van der Waals surface area contributed by atoms with Gasteiger partial charge in [-0.1, -0.05) is 60.1 Å². The number of hydrogen-bond donors (Lipinski definition) is 0. The van der Waals surface area contributed by atoms with Gasteiger partial charge in [-0.05, 0) is 79.1 Å². The molecule has 0 aromatic carbocycles. The van der Waals surface area contributed by atoms with Gasteiger partial charge in [0.05, 0.1) is 6.57 Å². The minimum absolute atomic E-state index is 0.00575. The van der Waals surface area contributed by atoms with Crippen LogP contribution in [0, 0.1) is 51.4 Å². The normalized spacial score (nSPS) is 44.5. The highest BCUT2D eigenvalue weighted by atomic mass is 19.4. The fourth-order valence-corrected chi connectivity index (χ4v) is 10.5. The largest absolute Gasteiger partial charge is 0.470 e. The highest BCUT2D eigenvalue weighted by Gasteiger charge is 2.69. The number of halogens is 3. The fourth-order valence-electron chi connectivity index (χ4n) is 10.5. The van der Waals surface area contributed by atoms with Gasteiger partial charge in [0.1, 0.15) is 0 Å². The van der Waals surface area contributed by atoms with Gasteiger partial charge in [-0.2, -0.15) is 13.2 Å². The summed E-state index contributed by atoms with van der Waals surface area (Å²) in [5.41, 5.74) is -1.78. The predicted molar refractivity (Wildman–Crippen MR) is 148 cm³/mol. The van der Waals surface area contributed by atoms with Crippen molar-refractivity contribution in [1.82, 2.24) is 10.2 Å². The number of hydrogen-bond acceptors (Lipinski definition) is 5. The third-order valence-corrected chi connectivity index (χ3v) is 13.2. The number of fused-ring (bicyclic) bond motifs is 7. The Hall–Kier alpha value is -2.76. The van der Waals surface area contributed by atoms with E-state index >= 15 is 0 Å². The van der Waals surface area contributed by atoms with Gasteiger partial charge in [-0.15, -0.1) is 10.2 Å². The topological polar surface area (TPSA) is 77.4 Å². The van der Waals surface area contributed by atoms with Crippen molar-refractivity contribution in [3.63, 3.8) is 0 Å². The Morgan fingerprint density at radius 3 is 2.26 bits per heavy atom. The van der Waals surface area contributed by atoms with E-state index in [1.165, 1.54) is 0 Å². The van der Waals surface area contributed by atoms with E-state index in [1.54, 1.807) is 0 Å². The Morgan fingerprint density at radius 1 is 0.976 bits per heavy atom. The molecule has 3 saturated carbocycles. The number of rotatable bonds is 1. The monoisotopic (exact) mass is 583 g/mol. The first-order valence-corrected chi connectivity index (χ1v) is 15.1. The van der Waals surface area contributed by atoms with Crippen LogP contribution in [0.15, 0.2) is 27.8 Å². The molecule has 0 spiro atoms. The predicted octanol–water partition coefficient (Wildman–Crippen LogP) is 7.91. The number of alkyl halides is 3. The van der Waals surface area contributed by atoms with E-state index in [-0.39, 0.29) is 51.7 Å². The van der Waals surface area contributed by atoms with Crippen LogP contribution in [0.2, 0.25) is 0 Å². The lowest BCUT2D eigenvalue weighted by atomic mass is 9.34. The molecule has 0 N–H and O–H groups in total. The van der Waals surface area contributed by atoms with Crippen molar-refractivity contribution in [2.45, 2.75) is 105 Å². The van der Waals surface area contributed by atoms with Crippen LogP contribution < -0.4 is 0 Å². The SMILES string of the molecule is [C-]#[N+]C1=C[C@]2(C)C3=CC(=O)[C@@H]4[C@@H]5C[C@@](C)(c6nnc(C(F)(F)F)o6)CC[C@]5(C)CC[C@@]4(C)[C@]3(C)CC[C@H]2C(C)(C)C1=O. The van der Waals surface area contributed by atoms with E-state index in [0.717, 1.165) is 37.7 Å². The van der Waals surface area contributed by atoms with E-state index in [2.05, 4.69) is 42.7 Å². The maximum atomic E-state index is 14.5. The van der Waals surface area contributed by atoms with E-state index in [0.29, 0.717) is 12.8 Å². The molecule has 5 aliphatic rings. The van der Waals surface area contributed by atoms with Gasteiger partial charge in [-0.3, -0.25) is 4.79 Å². The number of allylic oxidation sites excluding steroid dienone is 4. The molecule has 0 saturated heterocycles. The first kappa shape index (κ1) is 29.3. The Kier molecular flexibility index (Phi) is 5.90. The number of carbonyl (C=O) groups excluding carboxylic acids is 2. The third-order valence-electron chi connectivity index (χ3n) is 13.2. The zero-order valence-electron chi connectivity index (χ0n) is 25.5. The Morgan fingerprint density at radius 2 is 1.64 bits per heavy atom. The molecule has 9 heteroatoms. The van der Waals surface area contributed by atoms with Gasteiger partial charge in [0, 0.05) is 22.2 Å². The molecule has 3 fully saturated rings. The van der Waals surface area contributed by atoms with Crippen LogP contribution in [0.4, 0.5) is 13.2 Å². The number of carbonyl (C=O) groups is 2. The lowest BCUT2D eigenvalue weighted by Crippen LogP contribution is -2.64. The van der Waals surface area contributed by atoms with Crippen LogP contribution in [0.1, 0.15) is 105 Å². The molecule has 8 atom stereocenters. The fraction of sp³-hybridized carbons (Fsp3) is 0.727. The van der Waals surface area contributed by atoms with Gasteiger partial charge in [0.15, 0.2) is 11.6 Å². The van der Waals surface area contributed by atoms with Gasteiger partial charge in [-0.25, -0.2) is 4.85 Å². The van der Waals surface area contributed by atoms with Crippen LogP contribution in [-0.2, 0) is 21.2 Å². The highest BCUT2D eigenvalue weighted by molar-refractivity contribution is 6.03. The average Bonchev–Trinajstić information content (AvgIpc) is 3.41. The standard InChI is InChI=1S/C33H40F3N3O3/c1-27(2)21-9-10-31(6)22(30(21,5)17-19(37-8)24(27)41)15-20(40)23-18-16-29(4,25-38-39-26(42-25)33(34,35)36)12-11-28(18,3)13-14-32(23,31)7/h15,17-18,21,23H,9-14,16H2,1-7H3/t18-,21-,23-,28+,29-,30-,31+,32+/m0/s1. The van der Waals surface area contributed by atoms with E-state index in [4.69, 9.17) is 11.0 Å². The quantitative estimate of drug-likeness (QED) is 0.314. The summed E-state index contributed by atoms with van der Waals surface area (Å²) in [6.07, 6.45) is 4.27. The molecule has 42 heavy (non-hydrogen) atoms. The first-order valence-electron chi connectivity index (χ1n) is 15.1. The molecule has 0 bridgehead atoms. The van der Waals surface area contributed by atoms with Crippen molar-refractivity contribution in [2.24, 2.45) is 44.8 Å². The van der Waals surface area contributed by atoms with Gasteiger partial charge >= 0.3 is 12.1 Å². The number of nitrogens with zero attached hydrogens (tertiary/aromatic N) is 3. The molecule has 1 aromatic rings. The summed E-state index contributed by atoms with van der Waals surface area (Å²) in [5.74, 6) is -1.81. The molecular weight excluding hydrogens is 543 g/mol. The molecule has 6 nitrogen and oxygen atoms in total. The van der Waals surface area contributed by atoms with E-state index in [1.807, 2.05) is 32.9 Å². The van der Waals surface area contributed by atoms with Crippen LogP contribution in [0.5, 0.6) is 0 Å². The zero-order chi connectivity index (χ0) is 30.9. The van der Waals surface area contributed by atoms with E-state index < -0.39 is 33.7 Å². The first-order chi connectivity index (χ1) is 19.3. The number of aromatic nitrogens is 2. The Labute approximate surface area is 245 Å². The molecular formula is C33H40F3N3O3. The van der Waals surface area contributed by atoms with Gasteiger partial charge in [0.25, 0.3) is 0 Å². The second-order valence-electron chi connectivity index (χ2n) is 15.7. The van der Waals surface area contributed by atoms with Crippen LogP contribution in [0.3, 0.4) is 0 Å². The molecule has 0 amide bonds. The lowest BCUT2D eigenvalue weighted by Gasteiger charge is -2.69. The summed E-state index contributed by atoms with van der Waals surface area (Å²) >= 11 is 0. The number of ketones is 2. The van der Waals surface area contributed by atoms with E-state index in [9.17, 15) is 22.8 Å². The summed E-state index contributed by atoms with van der Waals surface area (Å²) in [7, 11) is 0. The van der Waals surface area contributed by atoms with Gasteiger partial charge in [0.2, 0.25) is 11.6 Å². The van der Waals surface area contributed by atoms with Crippen LogP contribution in [-0.4, -0.2) is 21.8 Å². The molecule has 6 rings (SSSR count). The molecule has 0 aliphatic heterocycles. The maximum Gasteiger partial charge on any atom is 0.470 e. The number of Topliss-reactive ketones (excluding diaryl/α,β-unsaturated/α-hetero) is 1. The summed E-state index contributed by atoms with van der Waals surface area (Å²) in [6.45, 7) is 22.4. The Balaban J connectivity index is 1.45. The molecule has 1 aromatic heterocycles. The molecule has 1 heterocycles. The molecule has 0 unspecified atom stereocenters. The minimum atomic E-state index is -4.71. The van der Waals surface area contributed by atoms with Crippen LogP contribution >= 0.6 is 0 Å². The highest BCUT2D eigenvalue weighted by Crippen LogP contribution is 2.74. The van der Waals surface area contributed by atoms with Gasteiger partial charge < -0.3 is 9.21 Å². The van der Waals surface area contributed by atoms with Crippen molar-refractivity contribution >= 4 is 11.6 Å². The summed E-state index contributed by atoms with van der Waals surface area (Å²) in [6, 6.07) is 0. The average molecular weight is 584 g/mol. The van der Waals surface area contributed by atoms with Crippen molar-refractivity contribution in [3.8, 4) is 0 Å². The van der Waals surface area contributed by atoms with Crippen molar-refractivity contribution < 1.29 is 27.2 Å². The molecule has 5 aliphatic carbocycles. The van der Waals surface area contributed by atoms with Crippen molar-refractivity contribution in [1.29, 1.82) is 0 Å². The summed E-state index contributed by atoms with van der Waals surface area (Å²) in [4.78, 5) is 31.4. The zero-order valence-corrected chi connectivity index (χ0v) is 25.5. The third kappa shape index (κ3) is 3.56. The second kappa shape index (κ2) is 8.45. The molecule has 0 radical (unpaired) electrons. The van der Waals surface area contributed by atoms with Crippen molar-refractivity contribution in [2.75, 3.05) is 0 Å². The second-order valence-corrected chi connectivity index (χ2v) is 15.7. The Bertz CT molecular complexity index is 1500. The summed E-state index contributed by atoms with van der Waals surface area (Å²) in [5, 5.41) is 7.17. The minimum Gasteiger partial charge on any atom is -0.417 e. The van der Waals surface area contributed by atoms with Crippen LogP contribution in [0.25, 0.3) is 4.85 Å². The lowest BCUT2D eigenvalue weighted by molar-refractivity contribution is -0.167. The maximum absolute atomic E-state index is 14.5. The summed E-state index contributed by atoms with van der Waals surface area (Å²) < 4.78 is 45.2. The molecule has 226 valence electrons. The van der Waals surface area contributed by atoms with Crippen molar-refractivity contribution in [3.05, 3.63) is 46.6 Å².